The van der Waals surface area contributed by atoms with Crippen LogP contribution in [0, 0.1) is 11.8 Å². The van der Waals surface area contributed by atoms with E-state index in [2.05, 4.69) is 29.2 Å². The number of rotatable bonds is 3. The average Bonchev–Trinajstić information content (AvgIpc) is 2.67. The fourth-order valence-corrected chi connectivity index (χ4v) is 2.57. The Morgan fingerprint density at radius 1 is 1.44 bits per heavy atom. The molecule has 90 valence electrons. The molecule has 1 heterocycles. The molecular formula is C12H22N4. The summed E-state index contributed by atoms with van der Waals surface area (Å²) in [7, 11) is 1.94. The van der Waals surface area contributed by atoms with Gasteiger partial charge in [0.1, 0.15) is 12.2 Å². The Morgan fingerprint density at radius 3 is 2.94 bits per heavy atom. The standard InChI is InChI=1S/C12H22N4/c1-9-5-4-6-11(10(9)2)13-7-12-14-8-15-16(12)3/h8-11,13H,4-7H2,1-3H3. The summed E-state index contributed by atoms with van der Waals surface area (Å²) in [6, 6.07) is 0.639. The fourth-order valence-electron chi connectivity index (χ4n) is 2.57. The topological polar surface area (TPSA) is 42.7 Å². The summed E-state index contributed by atoms with van der Waals surface area (Å²) in [6.07, 6.45) is 5.64. The second-order valence-electron chi connectivity index (χ2n) is 5.05. The smallest absolute Gasteiger partial charge is 0.140 e. The third-order valence-corrected chi connectivity index (χ3v) is 4.03. The molecule has 3 unspecified atom stereocenters. The van der Waals surface area contributed by atoms with Crippen molar-refractivity contribution in [2.45, 2.75) is 45.7 Å². The van der Waals surface area contributed by atoms with E-state index in [0.29, 0.717) is 6.04 Å². The molecule has 1 fully saturated rings. The highest BCUT2D eigenvalue weighted by molar-refractivity contribution is 4.87. The highest BCUT2D eigenvalue weighted by Gasteiger charge is 2.26. The largest absolute Gasteiger partial charge is 0.307 e. The minimum atomic E-state index is 0.639. The van der Waals surface area contributed by atoms with Crippen LogP contribution in [0.2, 0.25) is 0 Å². The van der Waals surface area contributed by atoms with Gasteiger partial charge in [0.15, 0.2) is 0 Å². The molecule has 1 saturated carbocycles. The van der Waals surface area contributed by atoms with Crippen molar-refractivity contribution in [2.24, 2.45) is 18.9 Å². The van der Waals surface area contributed by atoms with Crippen LogP contribution in [0.1, 0.15) is 38.9 Å². The summed E-state index contributed by atoms with van der Waals surface area (Å²) in [5.41, 5.74) is 0. The van der Waals surface area contributed by atoms with E-state index < -0.39 is 0 Å². The van der Waals surface area contributed by atoms with E-state index >= 15 is 0 Å². The molecule has 0 bridgehead atoms. The van der Waals surface area contributed by atoms with Crippen molar-refractivity contribution in [1.29, 1.82) is 0 Å². The molecule has 1 aliphatic rings. The van der Waals surface area contributed by atoms with Gasteiger partial charge in [0, 0.05) is 13.1 Å². The van der Waals surface area contributed by atoms with Crippen LogP contribution in [-0.4, -0.2) is 20.8 Å². The first kappa shape index (κ1) is 11.6. The molecule has 0 aromatic carbocycles. The Hall–Kier alpha value is -0.900. The average molecular weight is 222 g/mol. The van der Waals surface area contributed by atoms with Gasteiger partial charge in [-0.1, -0.05) is 26.7 Å². The fraction of sp³-hybridized carbons (Fsp3) is 0.833. The van der Waals surface area contributed by atoms with Crippen LogP contribution in [0.5, 0.6) is 0 Å². The van der Waals surface area contributed by atoms with Gasteiger partial charge in [-0.05, 0) is 18.3 Å². The number of aromatic nitrogens is 3. The zero-order chi connectivity index (χ0) is 11.5. The molecule has 1 aromatic rings. The first-order valence-electron chi connectivity index (χ1n) is 6.24. The lowest BCUT2D eigenvalue weighted by atomic mass is 9.78. The second-order valence-corrected chi connectivity index (χ2v) is 5.05. The quantitative estimate of drug-likeness (QED) is 0.847. The van der Waals surface area contributed by atoms with Gasteiger partial charge >= 0.3 is 0 Å². The molecule has 1 N–H and O–H groups in total. The molecule has 0 radical (unpaired) electrons. The van der Waals surface area contributed by atoms with Crippen LogP contribution >= 0.6 is 0 Å². The predicted molar refractivity (Wildman–Crippen MR) is 63.8 cm³/mol. The summed E-state index contributed by atoms with van der Waals surface area (Å²) in [5.74, 6) is 2.62. The SMILES string of the molecule is CC1CCCC(NCc2ncnn2C)C1C. The molecule has 16 heavy (non-hydrogen) atoms. The van der Waals surface area contributed by atoms with Crippen LogP contribution in [0.3, 0.4) is 0 Å². The molecular weight excluding hydrogens is 200 g/mol. The van der Waals surface area contributed by atoms with Crippen molar-refractivity contribution in [3.05, 3.63) is 12.2 Å². The second kappa shape index (κ2) is 4.95. The molecule has 0 spiro atoms. The van der Waals surface area contributed by atoms with Gasteiger partial charge < -0.3 is 5.32 Å². The zero-order valence-corrected chi connectivity index (χ0v) is 10.5. The molecule has 1 aromatic heterocycles. The zero-order valence-electron chi connectivity index (χ0n) is 10.5. The summed E-state index contributed by atoms with van der Waals surface area (Å²) in [5, 5.41) is 7.70. The Balaban J connectivity index is 1.88. The third-order valence-electron chi connectivity index (χ3n) is 4.03. The Morgan fingerprint density at radius 2 is 2.25 bits per heavy atom. The van der Waals surface area contributed by atoms with E-state index in [-0.39, 0.29) is 0 Å². The maximum Gasteiger partial charge on any atom is 0.140 e. The maximum absolute atomic E-state index is 4.23. The van der Waals surface area contributed by atoms with Gasteiger partial charge in [-0.3, -0.25) is 4.68 Å². The van der Waals surface area contributed by atoms with Crippen molar-refractivity contribution >= 4 is 0 Å². The number of nitrogens with one attached hydrogen (secondary N) is 1. The lowest BCUT2D eigenvalue weighted by molar-refractivity contribution is 0.204. The number of hydrogen-bond donors (Lipinski definition) is 1. The molecule has 4 nitrogen and oxygen atoms in total. The van der Waals surface area contributed by atoms with Crippen molar-refractivity contribution < 1.29 is 0 Å². The van der Waals surface area contributed by atoms with E-state index in [4.69, 9.17) is 0 Å². The first-order valence-corrected chi connectivity index (χ1v) is 6.24. The van der Waals surface area contributed by atoms with E-state index in [1.807, 2.05) is 11.7 Å². The summed E-state index contributed by atoms with van der Waals surface area (Å²) in [6.45, 7) is 5.55. The van der Waals surface area contributed by atoms with Gasteiger partial charge in [-0.25, -0.2) is 4.98 Å². The normalized spacial score (nSPS) is 30.6. The van der Waals surface area contributed by atoms with Gasteiger partial charge in [-0.2, -0.15) is 5.10 Å². The summed E-state index contributed by atoms with van der Waals surface area (Å²) in [4.78, 5) is 4.23. The van der Waals surface area contributed by atoms with Crippen molar-refractivity contribution in [3.63, 3.8) is 0 Å². The third kappa shape index (κ3) is 2.43. The van der Waals surface area contributed by atoms with Gasteiger partial charge in [0.2, 0.25) is 0 Å². The molecule has 0 saturated heterocycles. The molecule has 3 atom stereocenters. The lowest BCUT2D eigenvalue weighted by Gasteiger charge is -2.34. The van der Waals surface area contributed by atoms with Crippen LogP contribution in [-0.2, 0) is 13.6 Å². The molecule has 2 rings (SSSR count). The first-order chi connectivity index (χ1) is 7.68. The summed E-state index contributed by atoms with van der Waals surface area (Å²) < 4.78 is 1.84. The molecule has 4 heteroatoms. The maximum atomic E-state index is 4.23. The number of hydrogen-bond acceptors (Lipinski definition) is 3. The van der Waals surface area contributed by atoms with Crippen LogP contribution in [0.25, 0.3) is 0 Å². The molecule has 1 aliphatic carbocycles. The monoisotopic (exact) mass is 222 g/mol. The van der Waals surface area contributed by atoms with E-state index in [0.717, 1.165) is 24.2 Å². The number of aryl methyl sites for hydroxylation is 1. The highest BCUT2D eigenvalue weighted by Crippen LogP contribution is 2.29. The number of nitrogens with zero attached hydrogens (tertiary/aromatic N) is 3. The van der Waals surface area contributed by atoms with Gasteiger partial charge in [0.05, 0.1) is 6.54 Å². The summed E-state index contributed by atoms with van der Waals surface area (Å²) >= 11 is 0. The van der Waals surface area contributed by atoms with Gasteiger partial charge in [0.25, 0.3) is 0 Å². The van der Waals surface area contributed by atoms with Crippen molar-refractivity contribution in [2.75, 3.05) is 0 Å². The predicted octanol–water partition coefficient (Wildman–Crippen LogP) is 1.73. The van der Waals surface area contributed by atoms with Gasteiger partial charge in [-0.15, -0.1) is 0 Å². The lowest BCUT2D eigenvalue weighted by Crippen LogP contribution is -2.40. The van der Waals surface area contributed by atoms with Crippen LogP contribution < -0.4 is 5.32 Å². The molecule has 0 amide bonds. The van der Waals surface area contributed by atoms with Crippen molar-refractivity contribution in [3.8, 4) is 0 Å². The van der Waals surface area contributed by atoms with E-state index in [9.17, 15) is 0 Å². The minimum absolute atomic E-state index is 0.639. The van der Waals surface area contributed by atoms with Crippen LogP contribution in [0.4, 0.5) is 0 Å². The Bertz CT molecular complexity index is 334. The van der Waals surface area contributed by atoms with Crippen LogP contribution in [0.15, 0.2) is 6.33 Å². The van der Waals surface area contributed by atoms with E-state index in [1.54, 1.807) is 6.33 Å². The minimum Gasteiger partial charge on any atom is -0.307 e. The van der Waals surface area contributed by atoms with E-state index in [1.165, 1.54) is 19.3 Å². The van der Waals surface area contributed by atoms with Crippen molar-refractivity contribution in [1.82, 2.24) is 20.1 Å². The Kier molecular flexibility index (Phi) is 3.59. The Labute approximate surface area is 97.5 Å². The highest BCUT2D eigenvalue weighted by atomic mass is 15.3. The molecule has 0 aliphatic heterocycles.